The van der Waals surface area contributed by atoms with Crippen LogP contribution >= 0.6 is 0 Å². The van der Waals surface area contributed by atoms with Gasteiger partial charge in [0.1, 0.15) is 12.1 Å². The van der Waals surface area contributed by atoms with Gasteiger partial charge < -0.3 is 21.3 Å². The predicted octanol–water partition coefficient (Wildman–Crippen LogP) is -1.90. The molecular formula is C26H44N8O13S2. The highest BCUT2D eigenvalue weighted by Crippen LogP contribution is 2.33. The lowest BCUT2D eigenvalue weighted by Crippen LogP contribution is -2.50. The Morgan fingerprint density at radius 2 is 1.18 bits per heavy atom. The van der Waals surface area contributed by atoms with Crippen LogP contribution < -0.4 is 22.4 Å². The molecule has 21 nitrogen and oxygen atoms in total. The van der Waals surface area contributed by atoms with Gasteiger partial charge in [0.05, 0.1) is 31.6 Å². The molecule has 2 unspecified atom stereocenters. The standard InChI is InChI=1S/C14H24N4O6S.C12H20N4O7S/c1-25(21,22)24-18-10-5-6-12(17(7-10)14(18)20)13(19)16-23-8-11(15)9-3-2-4-9;13-9(7-1-2-7)6-22-14-11(17)10-4-3-8-5-15(10)12(18)16(8)23-24(19,20)21/h9-12H,2-8,15H2,1H3,(H,16,19);7-10H,1-6,13H2,(H,14,17)(H,19,20,21)/t10-,11?,12+;8-,9?,10+/m11/s1. The van der Waals surface area contributed by atoms with Crippen LogP contribution in [0.2, 0.25) is 0 Å². The van der Waals surface area contributed by atoms with Crippen molar-refractivity contribution < 1.29 is 58.8 Å². The zero-order valence-corrected chi connectivity index (χ0v) is 28.6. The Labute approximate surface area is 283 Å². The van der Waals surface area contributed by atoms with Gasteiger partial charge in [-0.05, 0) is 63.2 Å². The molecule has 6 aliphatic rings. The maximum absolute atomic E-state index is 12.3. The molecular weight excluding hydrogens is 696 g/mol. The molecule has 278 valence electrons. The van der Waals surface area contributed by atoms with Crippen molar-refractivity contribution in [3.8, 4) is 0 Å². The Bertz CT molecular complexity index is 1480. The molecule has 4 saturated heterocycles. The quantitative estimate of drug-likeness (QED) is 0.0960. The second kappa shape index (κ2) is 15.1. The van der Waals surface area contributed by atoms with Gasteiger partial charge in [-0.25, -0.2) is 20.5 Å². The second-order valence-electron chi connectivity index (χ2n) is 13.2. The number of hydrogen-bond acceptors (Lipinski definition) is 14. The number of nitrogens with two attached hydrogens (primary N) is 2. The lowest BCUT2D eigenvalue weighted by Gasteiger charge is -2.31. The van der Waals surface area contributed by atoms with Gasteiger partial charge in [-0.3, -0.25) is 23.8 Å². The maximum Gasteiger partial charge on any atom is 0.418 e. The molecule has 0 aromatic rings. The molecule has 6 amide bonds. The summed E-state index contributed by atoms with van der Waals surface area (Å²) < 4.78 is 62.0. The summed E-state index contributed by atoms with van der Waals surface area (Å²) in [5, 5.41) is 1.43. The zero-order valence-electron chi connectivity index (χ0n) is 26.9. The summed E-state index contributed by atoms with van der Waals surface area (Å²) in [6, 6.07) is -4.07. The predicted molar refractivity (Wildman–Crippen MR) is 164 cm³/mol. The van der Waals surface area contributed by atoms with Crippen LogP contribution in [0.25, 0.3) is 0 Å². The Morgan fingerprint density at radius 1 is 0.755 bits per heavy atom. The van der Waals surface area contributed by atoms with E-state index in [0.29, 0.717) is 42.6 Å². The minimum absolute atomic E-state index is 0.114. The molecule has 0 radical (unpaired) electrons. The number of fused-ring (bicyclic) bond motifs is 4. The highest BCUT2D eigenvalue weighted by molar-refractivity contribution is 7.85. The molecule has 4 heterocycles. The van der Waals surface area contributed by atoms with Crippen LogP contribution in [0.3, 0.4) is 0 Å². The number of carbonyl (C=O) groups excluding carboxylic acids is 4. The van der Waals surface area contributed by atoms with Gasteiger partial charge >= 0.3 is 22.5 Å². The average Bonchev–Trinajstić information content (AvgIpc) is 3.79. The lowest BCUT2D eigenvalue weighted by molar-refractivity contribution is -0.140. The van der Waals surface area contributed by atoms with Crippen LogP contribution in [0.4, 0.5) is 9.59 Å². The molecule has 0 spiro atoms. The zero-order chi connectivity index (χ0) is 35.7. The van der Waals surface area contributed by atoms with Gasteiger partial charge in [0.2, 0.25) is 0 Å². The van der Waals surface area contributed by atoms with Crippen LogP contribution in [-0.2, 0) is 48.3 Å². The van der Waals surface area contributed by atoms with E-state index in [-0.39, 0.29) is 44.4 Å². The topological polar surface area (TPSA) is 283 Å². The molecule has 23 heteroatoms. The van der Waals surface area contributed by atoms with E-state index in [0.717, 1.165) is 37.0 Å². The molecule has 4 bridgehead atoms. The van der Waals surface area contributed by atoms with Crippen molar-refractivity contribution in [1.29, 1.82) is 0 Å². The van der Waals surface area contributed by atoms with Gasteiger partial charge in [0, 0.05) is 25.2 Å². The number of nitrogens with zero attached hydrogens (tertiary/aromatic N) is 4. The Hall–Kier alpha value is -2.90. The van der Waals surface area contributed by atoms with Gasteiger partial charge in [0.15, 0.2) is 0 Å². The number of hydroxylamine groups is 6. The van der Waals surface area contributed by atoms with Crippen molar-refractivity contribution in [2.45, 2.75) is 94.0 Å². The smallest absolute Gasteiger partial charge is 0.325 e. The van der Waals surface area contributed by atoms with Crippen molar-refractivity contribution in [1.82, 2.24) is 30.9 Å². The first-order valence-corrected chi connectivity index (χ1v) is 19.3. The first-order valence-electron chi connectivity index (χ1n) is 16.1. The van der Waals surface area contributed by atoms with Crippen LogP contribution in [0.1, 0.15) is 57.8 Å². The number of piperidine rings is 2. The monoisotopic (exact) mass is 740 g/mol. The second-order valence-corrected chi connectivity index (χ2v) is 15.8. The van der Waals surface area contributed by atoms with Crippen LogP contribution in [-0.4, -0.2) is 134 Å². The fraction of sp³-hybridized carbons (Fsp3) is 0.846. The van der Waals surface area contributed by atoms with E-state index in [2.05, 4.69) is 15.2 Å². The van der Waals surface area contributed by atoms with Crippen molar-refractivity contribution in [2.75, 3.05) is 32.6 Å². The Balaban J connectivity index is 0.000000191. The van der Waals surface area contributed by atoms with Crippen molar-refractivity contribution >= 4 is 44.4 Å². The third-order valence-corrected chi connectivity index (χ3v) is 10.3. The van der Waals surface area contributed by atoms with E-state index in [1.807, 2.05) is 0 Å². The molecule has 4 aliphatic heterocycles. The summed E-state index contributed by atoms with van der Waals surface area (Å²) in [5.41, 5.74) is 16.5. The molecule has 0 aromatic carbocycles. The first kappa shape index (κ1) is 37.4. The van der Waals surface area contributed by atoms with E-state index in [9.17, 15) is 36.0 Å². The fourth-order valence-corrected chi connectivity index (χ4v) is 7.34. The number of amides is 6. The summed E-state index contributed by atoms with van der Waals surface area (Å²) in [6.07, 6.45) is 7.91. The molecule has 2 aliphatic carbocycles. The molecule has 2 saturated carbocycles. The molecule has 0 aromatic heterocycles. The summed E-state index contributed by atoms with van der Waals surface area (Å²) in [7, 11) is -8.61. The van der Waals surface area contributed by atoms with Gasteiger partial charge in [-0.2, -0.15) is 27.0 Å². The number of nitrogens with one attached hydrogen (secondary N) is 2. The number of carbonyl (C=O) groups is 4. The molecule has 6 atom stereocenters. The largest absolute Gasteiger partial charge is 0.418 e. The van der Waals surface area contributed by atoms with E-state index in [4.69, 9.17) is 30.0 Å². The van der Waals surface area contributed by atoms with Crippen LogP contribution in [0.15, 0.2) is 0 Å². The number of rotatable bonds is 14. The van der Waals surface area contributed by atoms with E-state index in [1.165, 1.54) is 16.2 Å². The molecule has 49 heavy (non-hydrogen) atoms. The van der Waals surface area contributed by atoms with Crippen LogP contribution in [0.5, 0.6) is 0 Å². The highest BCUT2D eigenvalue weighted by atomic mass is 32.3. The lowest BCUT2D eigenvalue weighted by atomic mass is 9.80. The minimum atomic E-state index is -4.80. The SMILES string of the molecule is CS(=O)(=O)ON1C(=O)N2C[C@H]1CC[C@H]2C(=O)NOCC(N)C1CCC1.NC(CONC(=O)[C@@H]1CC[C@@H]2CN1C(=O)N2OS(=O)(=O)O)C1CC1. The number of urea groups is 2. The van der Waals surface area contributed by atoms with Crippen LogP contribution in [0, 0.1) is 11.8 Å². The van der Waals surface area contributed by atoms with Gasteiger partial charge in [-0.1, -0.05) is 6.42 Å². The summed E-state index contributed by atoms with van der Waals surface area (Å²) >= 11 is 0. The van der Waals surface area contributed by atoms with Crippen molar-refractivity contribution in [3.05, 3.63) is 0 Å². The van der Waals surface area contributed by atoms with Gasteiger partial charge in [0.25, 0.3) is 21.9 Å². The normalized spacial score (nSPS) is 28.1. The number of hydrogen-bond donors (Lipinski definition) is 5. The van der Waals surface area contributed by atoms with Gasteiger partial charge in [-0.15, -0.1) is 8.57 Å². The fourth-order valence-electron chi connectivity index (χ4n) is 6.47. The Morgan fingerprint density at radius 3 is 1.55 bits per heavy atom. The third-order valence-electron chi connectivity index (χ3n) is 9.52. The average molecular weight is 741 g/mol. The molecule has 6 rings (SSSR count). The Kier molecular flexibility index (Phi) is 11.5. The van der Waals surface area contributed by atoms with E-state index < -0.39 is 62.5 Å². The van der Waals surface area contributed by atoms with E-state index in [1.54, 1.807) is 0 Å². The van der Waals surface area contributed by atoms with Crippen molar-refractivity contribution in [3.63, 3.8) is 0 Å². The van der Waals surface area contributed by atoms with Crippen molar-refractivity contribution in [2.24, 2.45) is 23.3 Å². The first-order chi connectivity index (χ1) is 23.0. The highest BCUT2D eigenvalue weighted by Gasteiger charge is 2.50. The summed E-state index contributed by atoms with van der Waals surface area (Å²) in [6.45, 7) is 0.794. The molecule has 6 fully saturated rings. The van der Waals surface area contributed by atoms with E-state index >= 15 is 0 Å². The molecule has 7 N–H and O–H groups in total. The minimum Gasteiger partial charge on any atom is -0.325 e. The summed E-state index contributed by atoms with van der Waals surface area (Å²) in [4.78, 5) is 61.8. The maximum atomic E-state index is 12.3. The summed E-state index contributed by atoms with van der Waals surface area (Å²) in [5.74, 6) is -0.0647. The third kappa shape index (κ3) is 9.46.